The molecule has 0 aliphatic carbocycles. The minimum Gasteiger partial charge on any atom is -0.496 e. The van der Waals surface area contributed by atoms with Gasteiger partial charge in [0.1, 0.15) is 11.5 Å². The fraction of sp³-hybridized carbons (Fsp3) is 0.500. The average Bonchev–Trinajstić information content (AvgIpc) is 3.48. The van der Waals surface area contributed by atoms with E-state index in [0.29, 0.717) is 43.2 Å². The third kappa shape index (κ3) is 6.14. The van der Waals surface area contributed by atoms with Gasteiger partial charge in [0, 0.05) is 32.6 Å². The van der Waals surface area contributed by atoms with E-state index in [1.165, 1.54) is 47.1 Å². The van der Waals surface area contributed by atoms with E-state index in [1.807, 2.05) is 0 Å². The van der Waals surface area contributed by atoms with Crippen molar-refractivity contribution in [3.8, 4) is 11.5 Å². The number of carbonyl (C=O) groups excluding carboxylic acids is 1. The number of nitrogens with zero attached hydrogens (tertiary/aromatic N) is 2. The molecule has 2 aliphatic heterocycles. The summed E-state index contributed by atoms with van der Waals surface area (Å²) in [6, 6.07) is 9.12. The minimum absolute atomic E-state index is 0.0236. The Bertz CT molecular complexity index is 1370. The van der Waals surface area contributed by atoms with Crippen LogP contribution in [0.3, 0.4) is 0 Å². The number of amides is 1. The van der Waals surface area contributed by atoms with Gasteiger partial charge in [0.15, 0.2) is 0 Å². The van der Waals surface area contributed by atoms with Crippen LogP contribution in [0.5, 0.6) is 11.5 Å². The highest BCUT2D eigenvalue weighted by Crippen LogP contribution is 2.31. The van der Waals surface area contributed by atoms with Crippen molar-refractivity contribution in [2.75, 3.05) is 45.7 Å². The number of methoxy groups -OCH3 is 2. The summed E-state index contributed by atoms with van der Waals surface area (Å²) in [7, 11) is -4.36. The standard InChI is InChI=1S/C26H35N3O7S2/c1-35-24-11-9-21(37(31,32)29-16-6-7-17-29)18-20(24)8-13-26(30)27-23-19-22(10-12-25(23)36-2)38(33,34)28-14-4-3-5-15-28/h9-12,18-19H,3-8,13-17H2,1-2H3,(H,27,30). The maximum Gasteiger partial charge on any atom is 0.243 e. The van der Waals surface area contributed by atoms with Gasteiger partial charge < -0.3 is 14.8 Å². The number of rotatable bonds is 10. The van der Waals surface area contributed by atoms with Crippen LogP contribution in [0.25, 0.3) is 0 Å². The number of carbonyl (C=O) groups is 1. The number of ether oxygens (including phenoxy) is 2. The Balaban J connectivity index is 1.49. The Morgan fingerprint density at radius 1 is 0.763 bits per heavy atom. The summed E-state index contributed by atoms with van der Waals surface area (Å²) in [5.74, 6) is 0.461. The molecule has 0 aromatic heterocycles. The van der Waals surface area contributed by atoms with E-state index in [0.717, 1.165) is 32.1 Å². The van der Waals surface area contributed by atoms with Crippen molar-refractivity contribution in [1.29, 1.82) is 0 Å². The number of nitrogens with one attached hydrogen (secondary N) is 1. The molecule has 0 spiro atoms. The molecule has 2 aliphatic rings. The normalized spacial score (nSPS) is 17.3. The molecule has 0 radical (unpaired) electrons. The van der Waals surface area contributed by atoms with Gasteiger partial charge in [0.2, 0.25) is 26.0 Å². The van der Waals surface area contributed by atoms with Crippen LogP contribution in [0.15, 0.2) is 46.2 Å². The summed E-state index contributed by atoms with van der Waals surface area (Å²) in [4.78, 5) is 13.2. The van der Waals surface area contributed by atoms with E-state index in [9.17, 15) is 21.6 Å². The van der Waals surface area contributed by atoms with E-state index >= 15 is 0 Å². The average molecular weight is 566 g/mol. The van der Waals surface area contributed by atoms with Crippen molar-refractivity contribution < 1.29 is 31.1 Å². The lowest BCUT2D eigenvalue weighted by Crippen LogP contribution is -2.35. The molecule has 0 bridgehead atoms. The quantitative estimate of drug-likeness (QED) is 0.469. The molecule has 2 aromatic rings. The highest BCUT2D eigenvalue weighted by Gasteiger charge is 2.29. The molecule has 1 N–H and O–H groups in total. The van der Waals surface area contributed by atoms with Crippen LogP contribution in [0.1, 0.15) is 44.1 Å². The first-order chi connectivity index (χ1) is 18.2. The lowest BCUT2D eigenvalue weighted by atomic mass is 10.1. The smallest absolute Gasteiger partial charge is 0.243 e. The molecule has 208 valence electrons. The molecule has 10 nitrogen and oxygen atoms in total. The predicted molar refractivity (Wildman–Crippen MR) is 144 cm³/mol. The zero-order valence-electron chi connectivity index (χ0n) is 21.8. The molecule has 1 amide bonds. The molecule has 0 atom stereocenters. The Hall–Kier alpha value is -2.67. The number of anilines is 1. The fourth-order valence-corrected chi connectivity index (χ4v) is 7.96. The number of hydrogen-bond donors (Lipinski definition) is 1. The number of sulfonamides is 2. The van der Waals surface area contributed by atoms with Crippen LogP contribution in [-0.4, -0.2) is 71.8 Å². The van der Waals surface area contributed by atoms with Crippen molar-refractivity contribution in [3.05, 3.63) is 42.0 Å². The van der Waals surface area contributed by atoms with E-state index < -0.39 is 20.0 Å². The third-order valence-electron chi connectivity index (χ3n) is 6.97. The second-order valence-corrected chi connectivity index (χ2v) is 13.3. The van der Waals surface area contributed by atoms with Crippen molar-refractivity contribution in [2.45, 2.75) is 54.7 Å². The van der Waals surface area contributed by atoms with Gasteiger partial charge in [-0.25, -0.2) is 16.8 Å². The van der Waals surface area contributed by atoms with Crippen LogP contribution < -0.4 is 14.8 Å². The first kappa shape index (κ1) is 28.3. The first-order valence-electron chi connectivity index (χ1n) is 12.8. The summed E-state index contributed by atoms with van der Waals surface area (Å²) in [5.41, 5.74) is 0.851. The molecule has 2 fully saturated rings. The maximum atomic E-state index is 13.1. The second kappa shape index (κ2) is 12.0. The van der Waals surface area contributed by atoms with E-state index in [4.69, 9.17) is 9.47 Å². The Labute approximate surface area is 225 Å². The SMILES string of the molecule is COc1ccc(S(=O)(=O)N2CCCC2)cc1CCC(=O)Nc1cc(S(=O)(=O)N2CCCCC2)ccc1OC. The van der Waals surface area contributed by atoms with Crippen LogP contribution >= 0.6 is 0 Å². The monoisotopic (exact) mass is 565 g/mol. The molecule has 0 unspecified atom stereocenters. The third-order valence-corrected chi connectivity index (χ3v) is 10.8. The molecule has 4 rings (SSSR count). The van der Waals surface area contributed by atoms with Crippen molar-refractivity contribution in [3.63, 3.8) is 0 Å². The van der Waals surface area contributed by atoms with Crippen LogP contribution in [0, 0.1) is 0 Å². The fourth-order valence-electron chi connectivity index (χ4n) is 4.85. The molecule has 38 heavy (non-hydrogen) atoms. The summed E-state index contributed by atoms with van der Waals surface area (Å²) < 4.78 is 65.9. The molecule has 0 saturated carbocycles. The van der Waals surface area contributed by atoms with E-state index in [2.05, 4.69) is 5.32 Å². The zero-order valence-corrected chi connectivity index (χ0v) is 23.4. The van der Waals surface area contributed by atoms with E-state index in [1.54, 1.807) is 12.1 Å². The van der Waals surface area contributed by atoms with Crippen LogP contribution in [0.2, 0.25) is 0 Å². The molecule has 2 saturated heterocycles. The largest absolute Gasteiger partial charge is 0.496 e. The summed E-state index contributed by atoms with van der Waals surface area (Å²) >= 11 is 0. The van der Waals surface area contributed by atoms with Gasteiger partial charge in [-0.05, 0) is 74.1 Å². The number of piperidine rings is 1. The highest BCUT2D eigenvalue weighted by atomic mass is 32.2. The number of hydrogen-bond acceptors (Lipinski definition) is 7. The van der Waals surface area contributed by atoms with Gasteiger partial charge in [0.25, 0.3) is 0 Å². The molecule has 2 aromatic carbocycles. The van der Waals surface area contributed by atoms with Gasteiger partial charge in [-0.2, -0.15) is 8.61 Å². The summed E-state index contributed by atoms with van der Waals surface area (Å²) in [6.45, 7) is 1.95. The van der Waals surface area contributed by atoms with Crippen molar-refractivity contribution in [2.24, 2.45) is 0 Å². The molecule has 12 heteroatoms. The maximum absolute atomic E-state index is 13.1. The Morgan fingerprint density at radius 3 is 1.82 bits per heavy atom. The van der Waals surface area contributed by atoms with Crippen LogP contribution in [-0.2, 0) is 31.3 Å². The van der Waals surface area contributed by atoms with E-state index in [-0.39, 0.29) is 34.2 Å². The summed E-state index contributed by atoms with van der Waals surface area (Å²) in [6.07, 6.45) is 4.58. The van der Waals surface area contributed by atoms with Gasteiger partial charge in [-0.15, -0.1) is 0 Å². The molecular formula is C26H35N3O7S2. The lowest BCUT2D eigenvalue weighted by molar-refractivity contribution is -0.116. The number of benzene rings is 2. The van der Waals surface area contributed by atoms with Crippen molar-refractivity contribution in [1.82, 2.24) is 8.61 Å². The Kier molecular flexibility index (Phi) is 8.96. The summed E-state index contributed by atoms with van der Waals surface area (Å²) in [5, 5.41) is 2.76. The topological polar surface area (TPSA) is 122 Å². The predicted octanol–water partition coefficient (Wildman–Crippen LogP) is 3.23. The minimum atomic E-state index is -3.69. The van der Waals surface area contributed by atoms with Crippen LogP contribution in [0.4, 0.5) is 5.69 Å². The Morgan fingerprint density at radius 2 is 1.26 bits per heavy atom. The van der Waals surface area contributed by atoms with Gasteiger partial charge >= 0.3 is 0 Å². The second-order valence-electron chi connectivity index (χ2n) is 9.46. The molecular weight excluding hydrogens is 530 g/mol. The first-order valence-corrected chi connectivity index (χ1v) is 15.7. The zero-order chi connectivity index (χ0) is 27.3. The molecule has 2 heterocycles. The van der Waals surface area contributed by atoms with Gasteiger partial charge in [-0.3, -0.25) is 4.79 Å². The highest BCUT2D eigenvalue weighted by molar-refractivity contribution is 7.89. The van der Waals surface area contributed by atoms with Crippen molar-refractivity contribution >= 4 is 31.6 Å². The lowest BCUT2D eigenvalue weighted by Gasteiger charge is -2.26. The van der Waals surface area contributed by atoms with Gasteiger partial charge in [0.05, 0.1) is 29.7 Å². The van der Waals surface area contributed by atoms with Gasteiger partial charge in [-0.1, -0.05) is 6.42 Å². The number of aryl methyl sites for hydroxylation is 1.